The number of hydrogen-bond donors (Lipinski definition) is 2. The highest BCUT2D eigenvalue weighted by Crippen LogP contribution is 2.22. The number of aliphatic hydroxyl groups is 2. The van der Waals surface area contributed by atoms with Gasteiger partial charge in [-0.15, -0.1) is 0 Å². The Kier molecular flexibility index (Phi) is 7.26. The van der Waals surface area contributed by atoms with Gasteiger partial charge in [-0.3, -0.25) is 0 Å². The van der Waals surface area contributed by atoms with Crippen LogP contribution in [0.15, 0.2) is 54.9 Å². The van der Waals surface area contributed by atoms with Gasteiger partial charge in [-0.1, -0.05) is 30.3 Å². The number of aromatic nitrogens is 1. The summed E-state index contributed by atoms with van der Waals surface area (Å²) in [5, 5.41) is 29.7. The normalized spacial score (nSPS) is 11.5. The highest BCUT2D eigenvalue weighted by atomic mass is 16.5. The molecule has 0 radical (unpaired) electrons. The molecule has 2 aromatic rings. The Balaban J connectivity index is 2.38. The van der Waals surface area contributed by atoms with Gasteiger partial charge in [0.05, 0.1) is 0 Å². The van der Waals surface area contributed by atoms with Crippen LogP contribution in [0.3, 0.4) is 0 Å². The van der Waals surface area contributed by atoms with E-state index in [1.165, 1.54) is 12.4 Å². The summed E-state index contributed by atoms with van der Waals surface area (Å²) in [7, 11) is 0. The van der Waals surface area contributed by atoms with E-state index in [1.54, 1.807) is 12.1 Å². The molecule has 5 nitrogen and oxygen atoms in total. The van der Waals surface area contributed by atoms with Gasteiger partial charge in [-0.25, -0.2) is 0 Å². The number of nitrogens with zero attached hydrogens (tertiary/aromatic N) is 2. The first-order valence-corrected chi connectivity index (χ1v) is 8.17. The lowest BCUT2D eigenvalue weighted by Gasteiger charge is -2.27. The van der Waals surface area contributed by atoms with Crippen LogP contribution >= 0.6 is 0 Å². The van der Waals surface area contributed by atoms with E-state index in [1.807, 2.05) is 30.3 Å². The van der Waals surface area contributed by atoms with Gasteiger partial charge in [0.15, 0.2) is 12.4 Å². The predicted octanol–water partition coefficient (Wildman–Crippen LogP) is 1.88. The van der Waals surface area contributed by atoms with Crippen molar-refractivity contribution in [3.8, 4) is 0 Å². The van der Waals surface area contributed by atoms with Crippen molar-refractivity contribution >= 4 is 11.8 Å². The van der Waals surface area contributed by atoms with Crippen LogP contribution in [0, 0.1) is 5.21 Å². The molecule has 0 atom stereocenters. The molecule has 24 heavy (non-hydrogen) atoms. The fraction of sp³-hybridized carbons (Fsp3) is 0.316. The number of pyridine rings is 1. The lowest BCUT2D eigenvalue weighted by Crippen LogP contribution is -2.28. The Morgan fingerprint density at radius 1 is 0.958 bits per heavy atom. The van der Waals surface area contributed by atoms with Gasteiger partial charge in [-0.2, -0.15) is 4.73 Å². The maximum Gasteiger partial charge on any atom is 0.181 e. The molecule has 0 spiro atoms. The molecule has 0 unspecified atom stereocenters. The van der Waals surface area contributed by atoms with Crippen molar-refractivity contribution < 1.29 is 14.9 Å². The van der Waals surface area contributed by atoms with E-state index in [-0.39, 0.29) is 13.2 Å². The lowest BCUT2D eigenvalue weighted by atomic mass is 10.1. The minimum atomic E-state index is 0.115. The first-order chi connectivity index (χ1) is 11.7. The minimum absolute atomic E-state index is 0.115. The van der Waals surface area contributed by atoms with E-state index in [0.29, 0.717) is 25.9 Å². The van der Waals surface area contributed by atoms with Crippen molar-refractivity contribution in [3.05, 3.63) is 71.2 Å². The molecule has 0 saturated carbocycles. The summed E-state index contributed by atoms with van der Waals surface area (Å²) in [5.41, 5.74) is 2.97. The van der Waals surface area contributed by atoms with Crippen molar-refractivity contribution in [3.63, 3.8) is 0 Å². The van der Waals surface area contributed by atoms with Crippen LogP contribution in [-0.4, -0.2) is 41.4 Å². The molecule has 0 amide bonds. The fourth-order valence-corrected chi connectivity index (χ4v) is 2.52. The van der Waals surface area contributed by atoms with Crippen LogP contribution in [0.25, 0.3) is 11.8 Å². The number of rotatable bonds is 9. The molecule has 0 saturated heterocycles. The van der Waals surface area contributed by atoms with E-state index >= 15 is 0 Å². The van der Waals surface area contributed by atoms with E-state index in [2.05, 4.69) is 11.0 Å². The molecule has 1 aromatic heterocycles. The zero-order valence-electron chi connectivity index (χ0n) is 13.7. The van der Waals surface area contributed by atoms with Gasteiger partial charge < -0.3 is 20.3 Å². The number of hydrogen-bond acceptors (Lipinski definition) is 4. The largest absolute Gasteiger partial charge is 0.619 e. The summed E-state index contributed by atoms with van der Waals surface area (Å²) >= 11 is 0. The second-order valence-electron chi connectivity index (χ2n) is 5.53. The van der Waals surface area contributed by atoms with E-state index < -0.39 is 0 Å². The molecule has 128 valence electrons. The molecule has 0 aliphatic rings. The number of benzene rings is 1. The standard InChI is InChI=1S/C19H24N2O3/c22-14-4-10-20(11-5-15-23)19(16-17-6-2-1-3-7-17)18-8-12-21(24)13-9-18/h1-3,6-9,12-13,16,22-23H,4-5,10-11,14-15H2. The maximum atomic E-state index is 11.3. The van der Waals surface area contributed by atoms with Crippen LogP contribution in [0.2, 0.25) is 0 Å². The molecule has 2 N–H and O–H groups in total. The van der Waals surface area contributed by atoms with Crippen molar-refractivity contribution in [1.82, 2.24) is 4.90 Å². The molecule has 2 rings (SSSR count). The molecular weight excluding hydrogens is 304 g/mol. The van der Waals surface area contributed by atoms with Crippen molar-refractivity contribution in [2.75, 3.05) is 26.3 Å². The Morgan fingerprint density at radius 3 is 2.08 bits per heavy atom. The molecule has 5 heteroatoms. The third-order valence-corrected chi connectivity index (χ3v) is 3.71. The molecule has 1 heterocycles. The topological polar surface area (TPSA) is 70.6 Å². The Labute approximate surface area is 142 Å². The van der Waals surface area contributed by atoms with E-state index in [4.69, 9.17) is 0 Å². The summed E-state index contributed by atoms with van der Waals surface area (Å²) in [5.74, 6) is 0. The third kappa shape index (κ3) is 5.37. The monoisotopic (exact) mass is 328 g/mol. The quantitative estimate of drug-likeness (QED) is 0.545. The average molecular weight is 328 g/mol. The molecular formula is C19H24N2O3. The Bertz CT molecular complexity index is 619. The van der Waals surface area contributed by atoms with Crippen LogP contribution in [-0.2, 0) is 0 Å². The highest BCUT2D eigenvalue weighted by molar-refractivity contribution is 5.80. The van der Waals surface area contributed by atoms with Gasteiger partial charge in [0.1, 0.15) is 0 Å². The van der Waals surface area contributed by atoms with Gasteiger partial charge in [-0.05, 0) is 24.5 Å². The Hall–Kier alpha value is -2.37. The molecule has 1 aromatic carbocycles. The average Bonchev–Trinajstić information content (AvgIpc) is 2.62. The molecule has 0 bridgehead atoms. The van der Waals surface area contributed by atoms with Crippen LogP contribution in [0.4, 0.5) is 0 Å². The summed E-state index contributed by atoms with van der Waals surface area (Å²) in [4.78, 5) is 2.14. The summed E-state index contributed by atoms with van der Waals surface area (Å²) in [6.07, 6.45) is 6.31. The van der Waals surface area contributed by atoms with Crippen molar-refractivity contribution in [2.24, 2.45) is 0 Å². The van der Waals surface area contributed by atoms with Gasteiger partial charge >= 0.3 is 0 Å². The van der Waals surface area contributed by atoms with Crippen LogP contribution < -0.4 is 4.73 Å². The zero-order chi connectivity index (χ0) is 17.2. The van der Waals surface area contributed by atoms with E-state index in [0.717, 1.165) is 21.6 Å². The summed E-state index contributed by atoms with van der Waals surface area (Å²) < 4.78 is 0.759. The SMILES string of the molecule is [O-][n+]1ccc(C(=Cc2ccccc2)N(CCCO)CCCO)cc1. The first-order valence-electron chi connectivity index (χ1n) is 8.17. The first kappa shape index (κ1) is 18.0. The third-order valence-electron chi connectivity index (χ3n) is 3.71. The van der Waals surface area contributed by atoms with E-state index in [9.17, 15) is 15.4 Å². The second-order valence-corrected chi connectivity index (χ2v) is 5.53. The second kappa shape index (κ2) is 9.70. The smallest absolute Gasteiger partial charge is 0.181 e. The lowest BCUT2D eigenvalue weighted by molar-refractivity contribution is -0.605. The molecule has 0 fully saturated rings. The summed E-state index contributed by atoms with van der Waals surface area (Å²) in [6, 6.07) is 13.5. The van der Waals surface area contributed by atoms with Crippen LogP contribution in [0.1, 0.15) is 24.0 Å². The zero-order valence-corrected chi connectivity index (χ0v) is 13.7. The van der Waals surface area contributed by atoms with Crippen LogP contribution in [0.5, 0.6) is 0 Å². The molecule has 0 aliphatic heterocycles. The maximum absolute atomic E-state index is 11.3. The van der Waals surface area contributed by atoms with Crippen molar-refractivity contribution in [1.29, 1.82) is 0 Å². The predicted molar refractivity (Wildman–Crippen MR) is 94.7 cm³/mol. The minimum Gasteiger partial charge on any atom is -0.619 e. The van der Waals surface area contributed by atoms with Gasteiger partial charge in [0.2, 0.25) is 0 Å². The number of aliphatic hydroxyl groups excluding tert-OH is 2. The summed E-state index contributed by atoms with van der Waals surface area (Å²) in [6.45, 7) is 1.59. The van der Waals surface area contributed by atoms with Crippen molar-refractivity contribution in [2.45, 2.75) is 12.8 Å². The molecule has 0 aliphatic carbocycles. The van der Waals surface area contributed by atoms with Gasteiger partial charge in [0, 0.05) is 49.7 Å². The highest BCUT2D eigenvalue weighted by Gasteiger charge is 2.13. The fourth-order valence-electron chi connectivity index (χ4n) is 2.52. The Morgan fingerprint density at radius 2 is 1.54 bits per heavy atom. The van der Waals surface area contributed by atoms with Gasteiger partial charge in [0.25, 0.3) is 0 Å².